The fourth-order valence-electron chi connectivity index (χ4n) is 2.82. The summed E-state index contributed by atoms with van der Waals surface area (Å²) < 4.78 is 0. The van der Waals surface area contributed by atoms with E-state index < -0.39 is 6.04 Å². The van der Waals surface area contributed by atoms with Crippen LogP contribution in [0.1, 0.15) is 38.3 Å². The van der Waals surface area contributed by atoms with Crippen LogP contribution in [-0.4, -0.2) is 28.8 Å². The lowest BCUT2D eigenvalue weighted by Crippen LogP contribution is -2.50. The molecule has 2 aromatic rings. The molecule has 0 radical (unpaired) electrons. The first-order valence-corrected chi connectivity index (χ1v) is 10.6. The van der Waals surface area contributed by atoms with Crippen molar-refractivity contribution in [3.63, 3.8) is 0 Å². The number of carbonyl (C=O) groups is 2. The van der Waals surface area contributed by atoms with Gasteiger partial charge in [-0.25, -0.2) is 0 Å². The number of halogens is 3. The van der Waals surface area contributed by atoms with Gasteiger partial charge in [-0.1, -0.05) is 59.9 Å². The van der Waals surface area contributed by atoms with Gasteiger partial charge < -0.3 is 10.2 Å². The molecule has 0 bridgehead atoms. The molecule has 7 heteroatoms. The maximum Gasteiger partial charge on any atom is 0.242 e. The highest BCUT2D eigenvalue weighted by atomic mass is 35.5. The SMILES string of the molecule is CC[C@H](C)NC(=O)[C@@H](C)N(Cc1c(Cl)cccc1Cl)C(=O)Cc1cccc(Cl)c1. The summed E-state index contributed by atoms with van der Waals surface area (Å²) in [6.07, 6.45) is 0.912. The highest BCUT2D eigenvalue weighted by Crippen LogP contribution is 2.27. The maximum absolute atomic E-state index is 13.2. The molecule has 156 valence electrons. The average molecular weight is 456 g/mol. The Morgan fingerprint density at radius 2 is 1.66 bits per heavy atom. The number of hydrogen-bond donors (Lipinski definition) is 1. The molecule has 0 unspecified atom stereocenters. The van der Waals surface area contributed by atoms with Crippen LogP contribution in [0.4, 0.5) is 0 Å². The van der Waals surface area contributed by atoms with Gasteiger partial charge in [-0.2, -0.15) is 0 Å². The Morgan fingerprint density at radius 1 is 1.03 bits per heavy atom. The molecule has 0 saturated heterocycles. The molecule has 2 rings (SSSR count). The number of nitrogens with one attached hydrogen (secondary N) is 1. The second-order valence-corrected chi connectivity index (χ2v) is 8.27. The summed E-state index contributed by atoms with van der Waals surface area (Å²) in [5, 5.41) is 4.39. The summed E-state index contributed by atoms with van der Waals surface area (Å²) in [5.74, 6) is -0.433. The molecular formula is C22H25Cl3N2O2. The summed E-state index contributed by atoms with van der Waals surface area (Å²) in [7, 11) is 0. The first-order chi connectivity index (χ1) is 13.7. The monoisotopic (exact) mass is 454 g/mol. The van der Waals surface area contributed by atoms with E-state index in [0.717, 1.165) is 12.0 Å². The summed E-state index contributed by atoms with van der Waals surface area (Å²) in [6.45, 7) is 5.75. The molecule has 0 heterocycles. The lowest BCUT2D eigenvalue weighted by Gasteiger charge is -2.30. The highest BCUT2D eigenvalue weighted by molar-refractivity contribution is 6.36. The van der Waals surface area contributed by atoms with Gasteiger partial charge in [0.25, 0.3) is 0 Å². The van der Waals surface area contributed by atoms with E-state index in [-0.39, 0.29) is 30.8 Å². The molecule has 2 aromatic carbocycles. The minimum Gasteiger partial charge on any atom is -0.352 e. The van der Waals surface area contributed by atoms with E-state index in [1.165, 1.54) is 4.90 Å². The number of nitrogens with zero attached hydrogens (tertiary/aromatic N) is 1. The Hall–Kier alpha value is -1.75. The van der Waals surface area contributed by atoms with Crippen molar-refractivity contribution in [2.45, 2.75) is 52.2 Å². The van der Waals surface area contributed by atoms with E-state index in [0.29, 0.717) is 20.6 Å². The van der Waals surface area contributed by atoms with Gasteiger partial charge in [-0.3, -0.25) is 9.59 Å². The zero-order valence-electron chi connectivity index (χ0n) is 16.7. The van der Waals surface area contributed by atoms with E-state index in [2.05, 4.69) is 5.32 Å². The molecule has 0 aliphatic carbocycles. The minimum absolute atomic E-state index is 0.0127. The third kappa shape index (κ3) is 6.63. The zero-order valence-corrected chi connectivity index (χ0v) is 19.0. The standard InChI is InChI=1S/C22H25Cl3N2O2/c1-4-14(2)26-22(29)15(3)27(13-18-19(24)9-6-10-20(18)25)21(28)12-16-7-5-8-17(23)11-16/h5-11,14-15H,4,12-13H2,1-3H3,(H,26,29)/t14-,15+/m0/s1. The summed E-state index contributed by atoms with van der Waals surface area (Å²) in [5.41, 5.74) is 1.38. The predicted octanol–water partition coefficient (Wildman–Crippen LogP) is 5.52. The van der Waals surface area contributed by atoms with Gasteiger partial charge in [0.1, 0.15) is 6.04 Å². The van der Waals surface area contributed by atoms with Crippen LogP contribution in [0.15, 0.2) is 42.5 Å². The lowest BCUT2D eigenvalue weighted by molar-refractivity contribution is -0.140. The molecule has 1 N–H and O–H groups in total. The third-order valence-corrected chi connectivity index (χ3v) is 5.75. The van der Waals surface area contributed by atoms with E-state index in [4.69, 9.17) is 34.8 Å². The molecule has 4 nitrogen and oxygen atoms in total. The van der Waals surface area contributed by atoms with Crippen LogP contribution < -0.4 is 5.32 Å². The van der Waals surface area contributed by atoms with Crippen LogP contribution in [0.2, 0.25) is 15.1 Å². The number of benzene rings is 2. The topological polar surface area (TPSA) is 49.4 Å². The zero-order chi connectivity index (χ0) is 21.6. The lowest BCUT2D eigenvalue weighted by atomic mass is 10.1. The number of amides is 2. The van der Waals surface area contributed by atoms with Crippen LogP contribution in [0.25, 0.3) is 0 Å². The number of rotatable bonds is 8. The Balaban J connectivity index is 2.31. The van der Waals surface area contributed by atoms with Gasteiger partial charge in [0.15, 0.2) is 0 Å². The maximum atomic E-state index is 13.2. The average Bonchev–Trinajstić information content (AvgIpc) is 2.67. The molecular weight excluding hydrogens is 431 g/mol. The quantitative estimate of drug-likeness (QED) is 0.569. The van der Waals surface area contributed by atoms with Crippen molar-refractivity contribution in [3.05, 3.63) is 68.7 Å². The summed E-state index contributed by atoms with van der Waals surface area (Å²) in [4.78, 5) is 27.4. The fraction of sp³-hybridized carbons (Fsp3) is 0.364. The van der Waals surface area contributed by atoms with Crippen molar-refractivity contribution in [3.8, 4) is 0 Å². The molecule has 2 atom stereocenters. The Kier molecular flexibility index (Phi) is 8.81. The van der Waals surface area contributed by atoms with Crippen molar-refractivity contribution >= 4 is 46.6 Å². The van der Waals surface area contributed by atoms with Gasteiger partial charge in [-0.15, -0.1) is 0 Å². The molecule has 0 aliphatic heterocycles. The van der Waals surface area contributed by atoms with Crippen LogP contribution in [0, 0.1) is 0 Å². The molecule has 0 spiro atoms. The molecule has 0 fully saturated rings. The van der Waals surface area contributed by atoms with Crippen molar-refractivity contribution in [2.24, 2.45) is 0 Å². The Morgan fingerprint density at radius 3 is 2.24 bits per heavy atom. The van der Waals surface area contributed by atoms with Crippen LogP contribution in [0.3, 0.4) is 0 Å². The van der Waals surface area contributed by atoms with Gasteiger partial charge in [0.2, 0.25) is 11.8 Å². The predicted molar refractivity (Wildman–Crippen MR) is 120 cm³/mol. The largest absolute Gasteiger partial charge is 0.352 e. The molecule has 0 saturated carbocycles. The molecule has 2 amide bonds. The fourth-order valence-corrected chi connectivity index (χ4v) is 3.55. The van der Waals surface area contributed by atoms with Crippen molar-refractivity contribution in [2.75, 3.05) is 0 Å². The minimum atomic E-state index is -0.692. The van der Waals surface area contributed by atoms with Crippen LogP contribution in [-0.2, 0) is 22.6 Å². The summed E-state index contributed by atoms with van der Waals surface area (Å²) in [6, 6.07) is 11.6. The number of hydrogen-bond acceptors (Lipinski definition) is 2. The van der Waals surface area contributed by atoms with E-state index >= 15 is 0 Å². The second kappa shape index (κ2) is 10.9. The van der Waals surface area contributed by atoms with Crippen molar-refractivity contribution < 1.29 is 9.59 Å². The second-order valence-electron chi connectivity index (χ2n) is 7.02. The summed E-state index contributed by atoms with van der Waals surface area (Å²) >= 11 is 18.7. The Labute approximate surface area is 187 Å². The molecule has 0 aliphatic rings. The van der Waals surface area contributed by atoms with Crippen molar-refractivity contribution in [1.82, 2.24) is 10.2 Å². The van der Waals surface area contributed by atoms with Gasteiger partial charge in [0, 0.05) is 33.2 Å². The van der Waals surface area contributed by atoms with Crippen molar-refractivity contribution in [1.29, 1.82) is 0 Å². The third-order valence-electron chi connectivity index (χ3n) is 4.80. The number of carbonyl (C=O) groups excluding carboxylic acids is 2. The first kappa shape index (κ1) is 23.5. The van der Waals surface area contributed by atoms with Crippen LogP contribution in [0.5, 0.6) is 0 Å². The van der Waals surface area contributed by atoms with E-state index in [1.54, 1.807) is 43.3 Å². The van der Waals surface area contributed by atoms with E-state index in [9.17, 15) is 9.59 Å². The van der Waals surface area contributed by atoms with Gasteiger partial charge in [-0.05, 0) is 50.1 Å². The molecule has 29 heavy (non-hydrogen) atoms. The smallest absolute Gasteiger partial charge is 0.242 e. The van der Waals surface area contributed by atoms with Gasteiger partial charge >= 0.3 is 0 Å². The highest BCUT2D eigenvalue weighted by Gasteiger charge is 2.28. The van der Waals surface area contributed by atoms with E-state index in [1.807, 2.05) is 19.9 Å². The molecule has 0 aromatic heterocycles. The normalized spacial score (nSPS) is 12.9. The first-order valence-electron chi connectivity index (χ1n) is 9.50. The van der Waals surface area contributed by atoms with Crippen LogP contribution >= 0.6 is 34.8 Å². The van der Waals surface area contributed by atoms with Gasteiger partial charge in [0.05, 0.1) is 6.42 Å². The Bertz CT molecular complexity index is 853.